The predicted molar refractivity (Wildman–Crippen MR) is 101 cm³/mol. The number of benzene rings is 1. The highest BCUT2D eigenvalue weighted by Crippen LogP contribution is 2.12. The SMILES string of the molecule is Cl.O=C(NCc1ccco1)c1cccc(CNC(=O)C2CCNCC2)c1. The van der Waals surface area contributed by atoms with Crippen LogP contribution >= 0.6 is 12.4 Å². The molecule has 1 aliphatic rings. The van der Waals surface area contributed by atoms with E-state index in [1.807, 2.05) is 18.2 Å². The Labute approximate surface area is 159 Å². The summed E-state index contributed by atoms with van der Waals surface area (Å²) in [6.45, 7) is 2.57. The highest BCUT2D eigenvalue weighted by Gasteiger charge is 2.20. The molecule has 2 heterocycles. The molecule has 1 aromatic carbocycles. The van der Waals surface area contributed by atoms with E-state index in [4.69, 9.17) is 4.42 Å². The molecule has 3 rings (SSSR count). The number of carbonyl (C=O) groups excluding carboxylic acids is 2. The second-order valence-corrected chi connectivity index (χ2v) is 6.20. The smallest absolute Gasteiger partial charge is 0.251 e. The van der Waals surface area contributed by atoms with Gasteiger partial charge in [-0.15, -0.1) is 12.4 Å². The third-order valence-electron chi connectivity index (χ3n) is 4.37. The highest BCUT2D eigenvalue weighted by atomic mass is 35.5. The molecule has 0 aliphatic carbocycles. The lowest BCUT2D eigenvalue weighted by molar-refractivity contribution is -0.125. The molecule has 6 nitrogen and oxygen atoms in total. The number of hydrogen-bond acceptors (Lipinski definition) is 4. The highest BCUT2D eigenvalue weighted by molar-refractivity contribution is 5.94. The first-order valence-corrected chi connectivity index (χ1v) is 8.60. The minimum absolute atomic E-state index is 0. The Morgan fingerprint density at radius 2 is 1.88 bits per heavy atom. The molecule has 1 aliphatic heterocycles. The monoisotopic (exact) mass is 377 g/mol. The number of piperidine rings is 1. The molecule has 140 valence electrons. The molecule has 2 aromatic rings. The van der Waals surface area contributed by atoms with Gasteiger partial charge in [-0.05, 0) is 55.8 Å². The van der Waals surface area contributed by atoms with Crippen molar-refractivity contribution >= 4 is 24.2 Å². The first-order valence-electron chi connectivity index (χ1n) is 8.60. The summed E-state index contributed by atoms with van der Waals surface area (Å²) < 4.78 is 5.20. The Balaban J connectivity index is 0.00000243. The topological polar surface area (TPSA) is 83.4 Å². The normalized spacial score (nSPS) is 14.3. The third kappa shape index (κ3) is 5.61. The second kappa shape index (κ2) is 9.99. The van der Waals surface area contributed by atoms with Gasteiger partial charge in [0.2, 0.25) is 5.91 Å². The van der Waals surface area contributed by atoms with Crippen LogP contribution in [0.25, 0.3) is 0 Å². The van der Waals surface area contributed by atoms with E-state index in [0.29, 0.717) is 24.4 Å². The van der Waals surface area contributed by atoms with Gasteiger partial charge in [0.05, 0.1) is 12.8 Å². The lowest BCUT2D eigenvalue weighted by Crippen LogP contribution is -2.37. The van der Waals surface area contributed by atoms with Crippen LogP contribution in [0.4, 0.5) is 0 Å². The van der Waals surface area contributed by atoms with Crippen LogP contribution in [0.15, 0.2) is 47.1 Å². The van der Waals surface area contributed by atoms with Crippen molar-refractivity contribution in [1.29, 1.82) is 0 Å². The number of carbonyl (C=O) groups is 2. The van der Waals surface area contributed by atoms with Gasteiger partial charge in [-0.1, -0.05) is 12.1 Å². The number of amides is 2. The number of rotatable bonds is 6. The Morgan fingerprint density at radius 1 is 1.08 bits per heavy atom. The molecule has 26 heavy (non-hydrogen) atoms. The summed E-state index contributed by atoms with van der Waals surface area (Å²) in [4.78, 5) is 24.4. The quantitative estimate of drug-likeness (QED) is 0.721. The standard InChI is InChI=1S/C19H23N3O3.ClH/c23-18(15-6-8-20-9-7-15)21-12-14-3-1-4-16(11-14)19(24)22-13-17-5-2-10-25-17;/h1-5,10-11,15,20H,6-9,12-13H2,(H,21,23)(H,22,24);1H. The van der Waals surface area contributed by atoms with Gasteiger partial charge < -0.3 is 20.4 Å². The molecule has 1 fully saturated rings. The molecule has 1 aromatic heterocycles. The second-order valence-electron chi connectivity index (χ2n) is 6.20. The minimum Gasteiger partial charge on any atom is -0.467 e. The van der Waals surface area contributed by atoms with Crippen LogP contribution in [0.5, 0.6) is 0 Å². The summed E-state index contributed by atoms with van der Waals surface area (Å²) in [6, 6.07) is 10.9. The maximum atomic E-state index is 12.2. The van der Waals surface area contributed by atoms with E-state index in [2.05, 4.69) is 16.0 Å². The molecule has 3 N–H and O–H groups in total. The summed E-state index contributed by atoms with van der Waals surface area (Å²) in [5.74, 6) is 0.719. The summed E-state index contributed by atoms with van der Waals surface area (Å²) in [5, 5.41) is 9.05. The van der Waals surface area contributed by atoms with Crippen LogP contribution in [0.3, 0.4) is 0 Å². The predicted octanol–water partition coefficient (Wildman–Crippen LogP) is 2.25. The Hall–Kier alpha value is -2.31. The van der Waals surface area contributed by atoms with Crippen LogP contribution in [0.2, 0.25) is 0 Å². The first kappa shape index (κ1) is 20.0. The van der Waals surface area contributed by atoms with Crippen LogP contribution in [-0.2, 0) is 17.9 Å². The fraction of sp³-hybridized carbons (Fsp3) is 0.368. The lowest BCUT2D eigenvalue weighted by Gasteiger charge is -2.21. The van der Waals surface area contributed by atoms with Gasteiger partial charge in [0.1, 0.15) is 5.76 Å². The number of hydrogen-bond donors (Lipinski definition) is 3. The first-order chi connectivity index (χ1) is 12.2. The molecule has 1 saturated heterocycles. The molecule has 2 amide bonds. The van der Waals surface area contributed by atoms with Crippen molar-refractivity contribution < 1.29 is 14.0 Å². The van der Waals surface area contributed by atoms with E-state index in [-0.39, 0.29) is 30.1 Å². The molecule has 0 radical (unpaired) electrons. The number of halogens is 1. The molecule has 0 saturated carbocycles. The zero-order valence-electron chi connectivity index (χ0n) is 14.5. The molecular formula is C19H24ClN3O3. The van der Waals surface area contributed by atoms with E-state index < -0.39 is 0 Å². The molecule has 0 unspecified atom stereocenters. The largest absolute Gasteiger partial charge is 0.467 e. The van der Waals surface area contributed by atoms with Crippen molar-refractivity contribution in [2.45, 2.75) is 25.9 Å². The Morgan fingerprint density at radius 3 is 2.62 bits per heavy atom. The average Bonchev–Trinajstić information content (AvgIpc) is 3.19. The summed E-state index contributed by atoms with van der Waals surface area (Å²) in [7, 11) is 0. The molecule has 7 heteroatoms. The van der Waals surface area contributed by atoms with Crippen LogP contribution in [0, 0.1) is 5.92 Å². The fourth-order valence-corrected chi connectivity index (χ4v) is 2.92. The Bertz CT molecular complexity index is 713. The van der Waals surface area contributed by atoms with Crippen molar-refractivity contribution in [2.75, 3.05) is 13.1 Å². The minimum atomic E-state index is -0.164. The van der Waals surface area contributed by atoms with Crippen LogP contribution < -0.4 is 16.0 Å². The van der Waals surface area contributed by atoms with Crippen molar-refractivity contribution in [3.05, 3.63) is 59.5 Å². The van der Waals surface area contributed by atoms with Gasteiger partial charge >= 0.3 is 0 Å². The van der Waals surface area contributed by atoms with Gasteiger partial charge in [0, 0.05) is 18.0 Å². The van der Waals surface area contributed by atoms with Gasteiger partial charge in [-0.25, -0.2) is 0 Å². The molecular weight excluding hydrogens is 354 g/mol. The molecule has 0 atom stereocenters. The van der Waals surface area contributed by atoms with Gasteiger partial charge in [-0.3, -0.25) is 9.59 Å². The molecule has 0 bridgehead atoms. The van der Waals surface area contributed by atoms with Gasteiger partial charge in [0.25, 0.3) is 5.91 Å². The van der Waals surface area contributed by atoms with E-state index in [9.17, 15) is 9.59 Å². The van der Waals surface area contributed by atoms with Crippen LogP contribution in [0.1, 0.15) is 34.5 Å². The zero-order chi connectivity index (χ0) is 17.5. The van der Waals surface area contributed by atoms with Crippen molar-refractivity contribution in [1.82, 2.24) is 16.0 Å². The van der Waals surface area contributed by atoms with E-state index in [1.54, 1.807) is 24.5 Å². The van der Waals surface area contributed by atoms with E-state index >= 15 is 0 Å². The van der Waals surface area contributed by atoms with Crippen LogP contribution in [-0.4, -0.2) is 24.9 Å². The fourth-order valence-electron chi connectivity index (χ4n) is 2.92. The van der Waals surface area contributed by atoms with Crippen molar-refractivity contribution in [3.8, 4) is 0 Å². The molecule has 0 spiro atoms. The average molecular weight is 378 g/mol. The Kier molecular flexibility index (Phi) is 7.69. The van der Waals surface area contributed by atoms with Gasteiger partial charge in [0.15, 0.2) is 0 Å². The van der Waals surface area contributed by atoms with E-state index in [1.165, 1.54) is 0 Å². The van der Waals surface area contributed by atoms with Crippen molar-refractivity contribution in [2.24, 2.45) is 5.92 Å². The summed E-state index contributed by atoms with van der Waals surface area (Å²) in [5.41, 5.74) is 1.48. The summed E-state index contributed by atoms with van der Waals surface area (Å²) in [6.07, 6.45) is 3.33. The third-order valence-corrected chi connectivity index (χ3v) is 4.37. The number of nitrogens with one attached hydrogen (secondary N) is 3. The maximum absolute atomic E-state index is 12.2. The van der Waals surface area contributed by atoms with E-state index in [0.717, 1.165) is 31.5 Å². The van der Waals surface area contributed by atoms with Gasteiger partial charge in [-0.2, -0.15) is 0 Å². The maximum Gasteiger partial charge on any atom is 0.251 e. The number of furan rings is 1. The lowest BCUT2D eigenvalue weighted by atomic mass is 9.97. The zero-order valence-corrected chi connectivity index (χ0v) is 15.3. The van der Waals surface area contributed by atoms with Crippen molar-refractivity contribution in [3.63, 3.8) is 0 Å². The summed E-state index contributed by atoms with van der Waals surface area (Å²) >= 11 is 0.